The largest absolute Gasteiger partial charge is 0.491 e. The molecule has 0 spiro atoms. The number of esters is 1. The molecule has 8 heteroatoms. The normalized spacial score (nSPS) is 10.3. The molecule has 1 aromatic rings. The van der Waals surface area contributed by atoms with Crippen molar-refractivity contribution in [1.29, 1.82) is 0 Å². The number of hydrazine groups is 2. The van der Waals surface area contributed by atoms with Gasteiger partial charge in [-0.2, -0.15) is 0 Å². The van der Waals surface area contributed by atoms with Crippen LogP contribution < -0.4 is 26.4 Å². The first kappa shape index (κ1) is 20.6. The molecule has 0 fully saturated rings. The summed E-state index contributed by atoms with van der Waals surface area (Å²) in [4.78, 5) is 22.7. The molecule has 0 bridgehead atoms. The summed E-state index contributed by atoms with van der Waals surface area (Å²) in [6.07, 6.45) is 0.921. The van der Waals surface area contributed by atoms with Gasteiger partial charge in [0.2, 0.25) is 0 Å². The van der Waals surface area contributed by atoms with E-state index in [9.17, 15) is 9.59 Å². The summed E-state index contributed by atoms with van der Waals surface area (Å²) in [7, 11) is 0. The molecule has 25 heavy (non-hydrogen) atoms. The van der Waals surface area contributed by atoms with Crippen LogP contribution in [0.25, 0.3) is 0 Å². The zero-order valence-corrected chi connectivity index (χ0v) is 15.3. The molecule has 0 unspecified atom stereocenters. The molecule has 0 aliphatic carbocycles. The van der Waals surface area contributed by atoms with Gasteiger partial charge in [-0.3, -0.25) is 10.2 Å². The minimum Gasteiger partial charge on any atom is -0.491 e. The lowest BCUT2D eigenvalue weighted by atomic mass is 10.2. The SMILES string of the molecule is CCOC(=O)CCCNC(=O)NNNc1ccc(OC(C)C)c(C)c1. The second-order valence-electron chi connectivity index (χ2n) is 5.69. The molecule has 0 aliphatic heterocycles. The Balaban J connectivity index is 2.22. The van der Waals surface area contributed by atoms with Crippen molar-refractivity contribution in [3.8, 4) is 5.75 Å². The second kappa shape index (κ2) is 11.1. The van der Waals surface area contributed by atoms with E-state index in [1.807, 2.05) is 39.0 Å². The zero-order valence-electron chi connectivity index (χ0n) is 15.3. The summed E-state index contributed by atoms with van der Waals surface area (Å²) in [5.41, 5.74) is 9.72. The number of nitrogens with one attached hydrogen (secondary N) is 4. The van der Waals surface area contributed by atoms with Gasteiger partial charge in [0.25, 0.3) is 0 Å². The lowest BCUT2D eigenvalue weighted by Gasteiger charge is -2.15. The molecule has 4 N–H and O–H groups in total. The zero-order chi connectivity index (χ0) is 18.7. The van der Waals surface area contributed by atoms with Crippen molar-refractivity contribution in [1.82, 2.24) is 16.3 Å². The Kier molecular flexibility index (Phi) is 9.16. The average molecular weight is 352 g/mol. The Hall–Kier alpha value is -2.48. The number of amides is 2. The van der Waals surface area contributed by atoms with E-state index in [0.717, 1.165) is 17.0 Å². The highest BCUT2D eigenvalue weighted by Crippen LogP contribution is 2.22. The van der Waals surface area contributed by atoms with Crippen molar-refractivity contribution in [3.05, 3.63) is 23.8 Å². The summed E-state index contributed by atoms with van der Waals surface area (Å²) in [6, 6.07) is 5.22. The predicted octanol–water partition coefficient (Wildman–Crippen LogP) is 2.26. The number of rotatable bonds is 10. The maximum Gasteiger partial charge on any atom is 0.330 e. The molecule has 0 atom stereocenters. The van der Waals surface area contributed by atoms with Crippen LogP contribution in [0, 0.1) is 6.92 Å². The van der Waals surface area contributed by atoms with Gasteiger partial charge in [-0.1, -0.05) is 0 Å². The van der Waals surface area contributed by atoms with E-state index in [-0.39, 0.29) is 18.5 Å². The fourth-order valence-corrected chi connectivity index (χ4v) is 1.99. The lowest BCUT2D eigenvalue weighted by molar-refractivity contribution is -0.143. The van der Waals surface area contributed by atoms with Gasteiger partial charge in [-0.25, -0.2) is 4.79 Å². The van der Waals surface area contributed by atoms with Crippen LogP contribution in [-0.4, -0.2) is 31.3 Å². The molecule has 0 saturated carbocycles. The summed E-state index contributed by atoms with van der Waals surface area (Å²) in [6.45, 7) is 8.41. The van der Waals surface area contributed by atoms with E-state index in [0.29, 0.717) is 19.6 Å². The first-order chi connectivity index (χ1) is 11.9. The van der Waals surface area contributed by atoms with E-state index in [1.54, 1.807) is 6.92 Å². The molecule has 2 amide bonds. The van der Waals surface area contributed by atoms with Gasteiger partial charge in [-0.15, -0.1) is 5.53 Å². The number of benzene rings is 1. The molecular formula is C17H28N4O4. The van der Waals surface area contributed by atoms with Crippen LogP contribution in [0.1, 0.15) is 39.2 Å². The summed E-state index contributed by atoms with van der Waals surface area (Å²) >= 11 is 0. The Labute approximate surface area is 148 Å². The molecular weight excluding hydrogens is 324 g/mol. The van der Waals surface area contributed by atoms with E-state index in [2.05, 4.69) is 21.7 Å². The quantitative estimate of drug-likeness (QED) is 0.293. The number of carbonyl (C=O) groups excluding carboxylic acids is 2. The van der Waals surface area contributed by atoms with Crippen LogP contribution in [0.3, 0.4) is 0 Å². The molecule has 8 nitrogen and oxygen atoms in total. The third-order valence-corrected chi connectivity index (χ3v) is 3.07. The fraction of sp³-hybridized carbons (Fsp3) is 0.529. The molecule has 0 saturated heterocycles. The maximum absolute atomic E-state index is 11.6. The van der Waals surface area contributed by atoms with Gasteiger partial charge in [-0.05, 0) is 57.9 Å². The predicted molar refractivity (Wildman–Crippen MR) is 96.1 cm³/mol. The number of hydrogen-bond acceptors (Lipinski definition) is 6. The first-order valence-corrected chi connectivity index (χ1v) is 8.40. The van der Waals surface area contributed by atoms with Crippen molar-refractivity contribution < 1.29 is 19.1 Å². The van der Waals surface area contributed by atoms with Gasteiger partial charge >= 0.3 is 12.0 Å². The smallest absolute Gasteiger partial charge is 0.330 e. The van der Waals surface area contributed by atoms with Gasteiger partial charge in [0.05, 0.1) is 18.4 Å². The van der Waals surface area contributed by atoms with Gasteiger partial charge in [0.1, 0.15) is 5.75 Å². The van der Waals surface area contributed by atoms with Crippen LogP contribution >= 0.6 is 0 Å². The molecule has 0 aromatic heterocycles. The molecule has 0 aliphatic rings. The topological polar surface area (TPSA) is 101 Å². The van der Waals surface area contributed by atoms with Gasteiger partial charge in [0.15, 0.2) is 0 Å². The first-order valence-electron chi connectivity index (χ1n) is 8.40. The average Bonchev–Trinajstić information content (AvgIpc) is 2.54. The monoisotopic (exact) mass is 352 g/mol. The van der Waals surface area contributed by atoms with Gasteiger partial charge in [0, 0.05) is 13.0 Å². The van der Waals surface area contributed by atoms with Crippen LogP contribution in [0.4, 0.5) is 10.5 Å². The Morgan fingerprint density at radius 1 is 1.24 bits per heavy atom. The molecule has 140 valence electrons. The number of ether oxygens (including phenoxy) is 2. The van der Waals surface area contributed by atoms with Crippen molar-refractivity contribution in [2.24, 2.45) is 0 Å². The van der Waals surface area contributed by atoms with Crippen molar-refractivity contribution in [3.63, 3.8) is 0 Å². The number of anilines is 1. The van der Waals surface area contributed by atoms with Crippen molar-refractivity contribution >= 4 is 17.7 Å². The highest BCUT2D eigenvalue weighted by Gasteiger charge is 2.05. The summed E-state index contributed by atoms with van der Waals surface area (Å²) in [5, 5.41) is 2.63. The highest BCUT2D eigenvalue weighted by atomic mass is 16.5. The van der Waals surface area contributed by atoms with Crippen LogP contribution in [0.5, 0.6) is 5.75 Å². The fourth-order valence-electron chi connectivity index (χ4n) is 1.99. The maximum atomic E-state index is 11.6. The number of carbonyl (C=O) groups is 2. The van der Waals surface area contributed by atoms with E-state index < -0.39 is 6.03 Å². The summed E-state index contributed by atoms with van der Waals surface area (Å²) < 4.78 is 10.5. The van der Waals surface area contributed by atoms with Crippen molar-refractivity contribution in [2.45, 2.75) is 46.6 Å². The molecule has 1 rings (SSSR count). The van der Waals surface area contributed by atoms with Crippen LogP contribution in [0.2, 0.25) is 0 Å². The molecule has 1 aromatic carbocycles. The summed E-state index contributed by atoms with van der Waals surface area (Å²) in [5.74, 6) is 0.567. The van der Waals surface area contributed by atoms with Gasteiger partial charge < -0.3 is 20.2 Å². The molecule has 0 radical (unpaired) electrons. The Morgan fingerprint density at radius 3 is 2.64 bits per heavy atom. The highest BCUT2D eigenvalue weighted by molar-refractivity contribution is 5.73. The van der Waals surface area contributed by atoms with Crippen LogP contribution in [-0.2, 0) is 9.53 Å². The number of urea groups is 1. The Bertz CT molecular complexity index is 564. The Morgan fingerprint density at radius 2 is 2.00 bits per heavy atom. The number of hydrogen-bond donors (Lipinski definition) is 4. The van der Waals surface area contributed by atoms with Crippen molar-refractivity contribution in [2.75, 3.05) is 18.6 Å². The standard InChI is InChI=1S/C17H28N4O4/c1-5-24-16(22)7-6-10-18-17(23)20-21-19-14-8-9-15(13(4)11-14)25-12(2)3/h8-9,11-12,19,21H,5-7,10H2,1-4H3,(H2,18,20,23). The van der Waals surface area contributed by atoms with E-state index >= 15 is 0 Å². The minimum atomic E-state index is -0.396. The third-order valence-electron chi connectivity index (χ3n) is 3.07. The van der Waals surface area contributed by atoms with Crippen LogP contribution in [0.15, 0.2) is 18.2 Å². The third kappa shape index (κ3) is 8.80. The number of aryl methyl sites for hydroxylation is 1. The van der Waals surface area contributed by atoms with E-state index in [1.165, 1.54) is 0 Å². The minimum absolute atomic E-state index is 0.116. The van der Waals surface area contributed by atoms with E-state index in [4.69, 9.17) is 9.47 Å². The lowest BCUT2D eigenvalue weighted by Crippen LogP contribution is -2.47. The molecule has 0 heterocycles. The second-order valence-corrected chi connectivity index (χ2v) is 5.69.